The molecule has 5 nitrogen and oxygen atoms in total. The summed E-state index contributed by atoms with van der Waals surface area (Å²) in [5, 5.41) is 9.61. The molecule has 126 valence electrons. The molecule has 1 rings (SSSR count). The van der Waals surface area contributed by atoms with Crippen LogP contribution in [0.25, 0.3) is 0 Å². The lowest BCUT2D eigenvalue weighted by Crippen LogP contribution is -2.37. The fourth-order valence-corrected chi connectivity index (χ4v) is 2.25. The van der Waals surface area contributed by atoms with Crippen LogP contribution in [0.4, 0.5) is 0 Å². The van der Waals surface area contributed by atoms with Gasteiger partial charge in [-0.25, -0.2) is 9.97 Å². The highest BCUT2D eigenvalue weighted by Crippen LogP contribution is 2.23. The molecule has 1 heterocycles. The number of likely N-dealkylation sites (N-methyl/N-ethyl adjacent to an activating group) is 1. The van der Waals surface area contributed by atoms with E-state index in [9.17, 15) is 5.11 Å². The normalized spacial score (nSPS) is 14.2. The van der Waals surface area contributed by atoms with Crippen LogP contribution in [0.5, 0.6) is 5.75 Å². The zero-order valence-corrected chi connectivity index (χ0v) is 15.1. The van der Waals surface area contributed by atoms with E-state index in [2.05, 4.69) is 35.6 Å². The van der Waals surface area contributed by atoms with Gasteiger partial charge in [-0.2, -0.15) is 0 Å². The number of hydrogen-bond donors (Lipinski definition) is 1. The maximum Gasteiger partial charge on any atom is 0.156 e. The van der Waals surface area contributed by atoms with Crippen LogP contribution in [-0.4, -0.2) is 45.3 Å². The Morgan fingerprint density at radius 3 is 2.09 bits per heavy atom. The first-order valence-electron chi connectivity index (χ1n) is 7.81. The molecule has 1 atom stereocenters. The van der Waals surface area contributed by atoms with Crippen molar-refractivity contribution in [2.75, 3.05) is 13.7 Å². The molecule has 5 heteroatoms. The molecule has 0 saturated heterocycles. The Morgan fingerprint density at radius 2 is 1.68 bits per heavy atom. The fourth-order valence-electron chi connectivity index (χ4n) is 2.25. The Morgan fingerprint density at radius 1 is 1.14 bits per heavy atom. The van der Waals surface area contributed by atoms with Gasteiger partial charge in [-0.1, -0.05) is 20.8 Å². The molecule has 1 aromatic heterocycles. The van der Waals surface area contributed by atoms with Gasteiger partial charge in [-0.15, -0.1) is 0 Å². The summed E-state index contributed by atoms with van der Waals surface area (Å²) in [7, 11) is 2.00. The average molecular weight is 309 g/mol. The third kappa shape index (κ3) is 7.18. The van der Waals surface area contributed by atoms with Crippen molar-refractivity contribution in [3.8, 4) is 5.75 Å². The second kappa shape index (κ2) is 7.38. The predicted octanol–water partition coefficient (Wildman–Crippen LogP) is 2.88. The summed E-state index contributed by atoms with van der Waals surface area (Å²) in [6, 6.07) is 0.106. The Balaban J connectivity index is 2.65. The largest absolute Gasteiger partial charge is 0.485 e. The summed E-state index contributed by atoms with van der Waals surface area (Å²) >= 11 is 0. The third-order valence-corrected chi connectivity index (χ3v) is 3.18. The topological polar surface area (TPSA) is 58.5 Å². The molecule has 1 aromatic rings. The Hall–Kier alpha value is -1.20. The van der Waals surface area contributed by atoms with E-state index in [1.54, 1.807) is 12.4 Å². The zero-order valence-electron chi connectivity index (χ0n) is 15.1. The van der Waals surface area contributed by atoms with Crippen LogP contribution in [0.1, 0.15) is 53.8 Å². The second-order valence-corrected chi connectivity index (χ2v) is 8.07. The van der Waals surface area contributed by atoms with Gasteiger partial charge >= 0.3 is 0 Å². The molecule has 0 aromatic carbocycles. The van der Waals surface area contributed by atoms with Gasteiger partial charge in [0.25, 0.3) is 0 Å². The minimum absolute atomic E-state index is 0.106. The van der Waals surface area contributed by atoms with Gasteiger partial charge in [0.15, 0.2) is 5.75 Å². The smallest absolute Gasteiger partial charge is 0.156 e. The number of rotatable bonds is 6. The molecular weight excluding hydrogens is 278 g/mol. The highest BCUT2D eigenvalue weighted by molar-refractivity contribution is 5.13. The highest BCUT2D eigenvalue weighted by Gasteiger charge is 2.22. The van der Waals surface area contributed by atoms with Gasteiger partial charge in [0.2, 0.25) is 0 Å². The van der Waals surface area contributed by atoms with E-state index in [-0.39, 0.29) is 23.7 Å². The summed E-state index contributed by atoms with van der Waals surface area (Å²) in [5.41, 5.74) is -0.0801. The second-order valence-electron chi connectivity index (χ2n) is 8.07. The highest BCUT2D eigenvalue weighted by atomic mass is 16.5. The maximum atomic E-state index is 9.61. The predicted molar refractivity (Wildman–Crippen MR) is 88.8 cm³/mol. The molecular formula is C17H31N3O2. The first-order valence-corrected chi connectivity index (χ1v) is 7.81. The lowest BCUT2D eigenvalue weighted by atomic mass is 9.88. The monoisotopic (exact) mass is 309 g/mol. The van der Waals surface area contributed by atoms with Crippen LogP contribution < -0.4 is 4.74 Å². The van der Waals surface area contributed by atoms with Crippen molar-refractivity contribution in [1.29, 1.82) is 0 Å². The molecule has 0 radical (unpaired) electrons. The summed E-state index contributed by atoms with van der Waals surface area (Å²) in [6.45, 7) is 13.3. The zero-order chi connectivity index (χ0) is 17.0. The number of aliphatic hydroxyl groups excluding tert-OH is 1. The van der Waals surface area contributed by atoms with Gasteiger partial charge in [0, 0.05) is 6.04 Å². The van der Waals surface area contributed by atoms with Crippen molar-refractivity contribution in [3.05, 3.63) is 18.2 Å². The van der Waals surface area contributed by atoms with Crippen molar-refractivity contribution in [2.24, 2.45) is 5.41 Å². The van der Waals surface area contributed by atoms with Crippen molar-refractivity contribution in [1.82, 2.24) is 14.9 Å². The Bertz CT molecular complexity index is 446. The lowest BCUT2D eigenvalue weighted by molar-refractivity contribution is 0.103. The summed E-state index contributed by atoms with van der Waals surface area (Å²) in [4.78, 5) is 10.8. The molecule has 0 saturated carbocycles. The number of hydrogen-bond acceptors (Lipinski definition) is 5. The fraction of sp³-hybridized carbons (Fsp3) is 0.765. The first-order chi connectivity index (χ1) is 10.00. The molecule has 1 N–H and O–H groups in total. The molecule has 0 fully saturated rings. The third-order valence-electron chi connectivity index (χ3n) is 3.18. The van der Waals surface area contributed by atoms with Crippen molar-refractivity contribution < 1.29 is 9.84 Å². The Labute approximate surface area is 134 Å². The molecule has 0 aliphatic rings. The van der Waals surface area contributed by atoms with E-state index in [1.165, 1.54) is 0 Å². The lowest BCUT2D eigenvalue weighted by Gasteiger charge is -2.31. The first kappa shape index (κ1) is 18.8. The standard InChI is InChI=1S/C17H31N3O2/c1-16(2,3)8-13(12-21)20(7)11-15-18-9-14(10-19-15)22-17(4,5)6/h9-10,13,21H,8,11-12H2,1-7H3. The van der Waals surface area contributed by atoms with Gasteiger partial charge in [-0.05, 0) is 39.7 Å². The van der Waals surface area contributed by atoms with Crippen LogP contribution in [-0.2, 0) is 6.54 Å². The number of aromatic nitrogens is 2. The van der Waals surface area contributed by atoms with Crippen LogP contribution in [0.15, 0.2) is 12.4 Å². The molecule has 0 aliphatic carbocycles. The van der Waals surface area contributed by atoms with Crippen molar-refractivity contribution in [3.63, 3.8) is 0 Å². The molecule has 0 aliphatic heterocycles. The number of aliphatic hydroxyl groups is 1. The van der Waals surface area contributed by atoms with E-state index in [0.29, 0.717) is 12.3 Å². The average Bonchev–Trinajstić information content (AvgIpc) is 2.35. The molecule has 1 unspecified atom stereocenters. The van der Waals surface area contributed by atoms with Crippen LogP contribution in [0.2, 0.25) is 0 Å². The van der Waals surface area contributed by atoms with Crippen molar-refractivity contribution >= 4 is 0 Å². The summed E-state index contributed by atoms with van der Waals surface area (Å²) in [5.74, 6) is 1.41. The van der Waals surface area contributed by atoms with E-state index >= 15 is 0 Å². The van der Waals surface area contributed by atoms with E-state index in [1.807, 2.05) is 27.8 Å². The van der Waals surface area contributed by atoms with Crippen LogP contribution in [0.3, 0.4) is 0 Å². The molecule has 22 heavy (non-hydrogen) atoms. The SMILES string of the molecule is CN(Cc1ncc(OC(C)(C)C)cn1)C(CO)CC(C)(C)C. The number of ether oxygens (including phenoxy) is 1. The van der Waals surface area contributed by atoms with E-state index in [0.717, 1.165) is 12.2 Å². The Kier molecular flexibility index (Phi) is 6.32. The van der Waals surface area contributed by atoms with Gasteiger partial charge in [0.1, 0.15) is 11.4 Å². The summed E-state index contributed by atoms with van der Waals surface area (Å²) < 4.78 is 5.72. The van der Waals surface area contributed by atoms with Gasteiger partial charge in [0.05, 0.1) is 25.5 Å². The van der Waals surface area contributed by atoms with Gasteiger partial charge in [-0.3, -0.25) is 4.90 Å². The molecule has 0 bridgehead atoms. The van der Waals surface area contributed by atoms with E-state index < -0.39 is 0 Å². The van der Waals surface area contributed by atoms with Crippen LogP contribution in [0, 0.1) is 5.41 Å². The maximum absolute atomic E-state index is 9.61. The molecule has 0 spiro atoms. The molecule has 0 amide bonds. The quantitative estimate of drug-likeness (QED) is 0.875. The summed E-state index contributed by atoms with van der Waals surface area (Å²) in [6.07, 6.45) is 4.34. The van der Waals surface area contributed by atoms with Gasteiger partial charge < -0.3 is 9.84 Å². The minimum atomic E-state index is -0.254. The minimum Gasteiger partial charge on any atom is -0.485 e. The number of nitrogens with zero attached hydrogens (tertiary/aromatic N) is 3. The van der Waals surface area contributed by atoms with Crippen LogP contribution >= 0.6 is 0 Å². The van der Waals surface area contributed by atoms with Crippen molar-refractivity contribution in [2.45, 2.75) is 66.2 Å². The van der Waals surface area contributed by atoms with E-state index in [4.69, 9.17) is 4.74 Å².